The van der Waals surface area contributed by atoms with E-state index in [4.69, 9.17) is 14.2 Å². The third kappa shape index (κ3) is 2.47. The van der Waals surface area contributed by atoms with E-state index < -0.39 is 0 Å². The number of benzene rings is 1. The number of ether oxygens (including phenoxy) is 3. The number of hydrogen-bond acceptors (Lipinski definition) is 6. The van der Waals surface area contributed by atoms with Gasteiger partial charge in [-0.1, -0.05) is 0 Å². The minimum absolute atomic E-state index is 0.578. The summed E-state index contributed by atoms with van der Waals surface area (Å²) in [6.45, 7) is 4.28. The smallest absolute Gasteiger partial charge is 0.180 e. The zero-order valence-corrected chi connectivity index (χ0v) is 13.7. The Morgan fingerprint density at radius 1 is 0.920 bits per heavy atom. The summed E-state index contributed by atoms with van der Waals surface area (Å²) in [5.74, 6) is 2.47. The number of morpholine rings is 1. The zero-order valence-electron chi connectivity index (χ0n) is 13.7. The first kappa shape index (κ1) is 14.5. The molecular formula is C18H18N4O3. The number of anilines is 1. The van der Waals surface area contributed by atoms with E-state index in [1.807, 2.05) is 36.8 Å². The molecule has 7 heteroatoms. The summed E-state index contributed by atoms with van der Waals surface area (Å²) in [6.07, 6.45) is 5.64. The topological polar surface area (TPSA) is 61.1 Å². The predicted octanol–water partition coefficient (Wildman–Crippen LogP) is 2.00. The lowest BCUT2D eigenvalue weighted by Gasteiger charge is -2.27. The number of hydrogen-bond donors (Lipinski definition) is 0. The van der Waals surface area contributed by atoms with Gasteiger partial charge in [-0.2, -0.15) is 0 Å². The Morgan fingerprint density at radius 3 is 2.64 bits per heavy atom. The van der Waals surface area contributed by atoms with Crippen LogP contribution in [0.15, 0.2) is 36.8 Å². The van der Waals surface area contributed by atoms with E-state index in [1.54, 1.807) is 0 Å². The zero-order chi connectivity index (χ0) is 16.6. The number of fused-ring (bicyclic) bond motifs is 2. The van der Waals surface area contributed by atoms with Gasteiger partial charge in [0, 0.05) is 31.0 Å². The van der Waals surface area contributed by atoms with E-state index in [2.05, 4.69) is 19.3 Å². The lowest BCUT2D eigenvalue weighted by atomic mass is 10.1. The van der Waals surface area contributed by atoms with E-state index in [0.717, 1.165) is 60.5 Å². The monoisotopic (exact) mass is 338 g/mol. The molecule has 4 heterocycles. The molecule has 2 aromatic heterocycles. The van der Waals surface area contributed by atoms with Gasteiger partial charge in [0.2, 0.25) is 0 Å². The normalized spacial score (nSPS) is 17.0. The Hall–Kier alpha value is -2.80. The molecule has 2 aliphatic rings. The minimum Gasteiger partial charge on any atom is -0.486 e. The fourth-order valence-electron chi connectivity index (χ4n) is 3.32. The quantitative estimate of drug-likeness (QED) is 0.712. The van der Waals surface area contributed by atoms with Crippen LogP contribution in [0.5, 0.6) is 11.5 Å². The highest BCUT2D eigenvalue weighted by Crippen LogP contribution is 2.35. The van der Waals surface area contributed by atoms with Gasteiger partial charge in [0.15, 0.2) is 23.0 Å². The summed E-state index contributed by atoms with van der Waals surface area (Å²) in [7, 11) is 0. The van der Waals surface area contributed by atoms with E-state index >= 15 is 0 Å². The third-order valence-electron chi connectivity index (χ3n) is 4.56. The summed E-state index contributed by atoms with van der Waals surface area (Å²) in [6, 6.07) is 5.99. The first-order valence-corrected chi connectivity index (χ1v) is 8.45. The van der Waals surface area contributed by atoms with Gasteiger partial charge >= 0.3 is 0 Å². The van der Waals surface area contributed by atoms with Crippen LogP contribution in [0.25, 0.3) is 16.9 Å². The largest absolute Gasteiger partial charge is 0.486 e. The van der Waals surface area contributed by atoms with E-state index in [9.17, 15) is 0 Å². The molecule has 0 saturated carbocycles. The van der Waals surface area contributed by atoms with Crippen LogP contribution in [0.2, 0.25) is 0 Å². The molecule has 0 radical (unpaired) electrons. The maximum atomic E-state index is 5.70. The molecule has 0 N–H and O–H groups in total. The molecule has 5 rings (SSSR count). The lowest BCUT2D eigenvalue weighted by Crippen LogP contribution is -2.37. The molecule has 0 atom stereocenters. The van der Waals surface area contributed by atoms with Crippen molar-refractivity contribution in [2.45, 2.75) is 0 Å². The Kier molecular flexibility index (Phi) is 3.45. The van der Waals surface area contributed by atoms with Crippen molar-refractivity contribution in [1.29, 1.82) is 0 Å². The predicted molar refractivity (Wildman–Crippen MR) is 92.4 cm³/mol. The number of rotatable bonds is 2. The fourth-order valence-corrected chi connectivity index (χ4v) is 3.32. The standard InChI is InChI=1S/C18H18N4O3/c1-2-15-16(25-10-9-24-15)11-13(1)14-12-20-18-17(19-3-4-22(14)18)21-5-7-23-8-6-21/h1-4,11-12H,5-10H2. The second-order valence-electron chi connectivity index (χ2n) is 6.05. The van der Waals surface area contributed by atoms with Crippen molar-refractivity contribution >= 4 is 11.5 Å². The molecule has 128 valence electrons. The van der Waals surface area contributed by atoms with Crippen molar-refractivity contribution < 1.29 is 14.2 Å². The van der Waals surface area contributed by atoms with Crippen LogP contribution in [0.1, 0.15) is 0 Å². The molecule has 1 aromatic carbocycles. The van der Waals surface area contributed by atoms with Gasteiger partial charge in [-0.3, -0.25) is 4.40 Å². The second-order valence-corrected chi connectivity index (χ2v) is 6.05. The lowest BCUT2D eigenvalue weighted by molar-refractivity contribution is 0.122. The van der Waals surface area contributed by atoms with Crippen molar-refractivity contribution in [3.05, 3.63) is 36.8 Å². The van der Waals surface area contributed by atoms with Crippen molar-refractivity contribution in [2.75, 3.05) is 44.4 Å². The van der Waals surface area contributed by atoms with Crippen LogP contribution in [0, 0.1) is 0 Å². The molecule has 3 aromatic rings. The summed E-state index contributed by atoms with van der Waals surface area (Å²) < 4.78 is 18.8. The molecule has 0 spiro atoms. The van der Waals surface area contributed by atoms with Crippen molar-refractivity contribution in [3.8, 4) is 22.8 Å². The van der Waals surface area contributed by atoms with E-state index in [-0.39, 0.29) is 0 Å². The first-order chi connectivity index (χ1) is 12.4. The van der Waals surface area contributed by atoms with Gasteiger partial charge < -0.3 is 19.1 Å². The fraction of sp³-hybridized carbons (Fsp3) is 0.333. The first-order valence-electron chi connectivity index (χ1n) is 8.45. The van der Waals surface area contributed by atoms with Crippen molar-refractivity contribution in [1.82, 2.24) is 14.4 Å². The van der Waals surface area contributed by atoms with Crippen LogP contribution >= 0.6 is 0 Å². The van der Waals surface area contributed by atoms with Gasteiger partial charge in [0.25, 0.3) is 0 Å². The average Bonchev–Trinajstić information content (AvgIpc) is 3.12. The summed E-state index contributed by atoms with van der Waals surface area (Å²) in [5.41, 5.74) is 2.90. The molecule has 0 unspecified atom stereocenters. The maximum Gasteiger partial charge on any atom is 0.180 e. The molecule has 7 nitrogen and oxygen atoms in total. The SMILES string of the molecule is c1cn2c(-c3ccc4c(c3)OCCO4)cnc2c(N2CCOCC2)n1. The third-order valence-corrected chi connectivity index (χ3v) is 4.56. The summed E-state index contributed by atoms with van der Waals surface area (Å²) >= 11 is 0. The molecule has 0 bridgehead atoms. The Labute approximate surface area is 144 Å². The molecule has 1 saturated heterocycles. The van der Waals surface area contributed by atoms with Crippen LogP contribution in [0.4, 0.5) is 5.82 Å². The van der Waals surface area contributed by atoms with Gasteiger partial charge in [0.1, 0.15) is 13.2 Å². The molecule has 0 aliphatic carbocycles. The van der Waals surface area contributed by atoms with Gasteiger partial charge in [-0.05, 0) is 18.2 Å². The van der Waals surface area contributed by atoms with E-state index in [1.165, 1.54) is 0 Å². The van der Waals surface area contributed by atoms with Gasteiger partial charge in [0.05, 0.1) is 25.1 Å². The average molecular weight is 338 g/mol. The highest BCUT2D eigenvalue weighted by Gasteiger charge is 2.19. The van der Waals surface area contributed by atoms with Crippen molar-refractivity contribution in [3.63, 3.8) is 0 Å². The van der Waals surface area contributed by atoms with Crippen LogP contribution in [-0.4, -0.2) is 53.9 Å². The van der Waals surface area contributed by atoms with Crippen molar-refractivity contribution in [2.24, 2.45) is 0 Å². The highest BCUT2D eigenvalue weighted by atomic mass is 16.6. The summed E-state index contributed by atoms with van der Waals surface area (Å²) in [5, 5.41) is 0. The number of imidazole rings is 1. The van der Waals surface area contributed by atoms with Crippen LogP contribution < -0.4 is 14.4 Å². The maximum absolute atomic E-state index is 5.70. The molecule has 0 amide bonds. The van der Waals surface area contributed by atoms with Crippen LogP contribution in [-0.2, 0) is 4.74 Å². The molecule has 2 aliphatic heterocycles. The van der Waals surface area contributed by atoms with Gasteiger partial charge in [-0.15, -0.1) is 0 Å². The second kappa shape index (κ2) is 5.93. The summed E-state index contributed by atoms with van der Waals surface area (Å²) in [4.78, 5) is 11.4. The molecule has 1 fully saturated rings. The minimum atomic E-state index is 0.578. The number of nitrogens with zero attached hydrogens (tertiary/aromatic N) is 4. The molecule has 25 heavy (non-hydrogen) atoms. The Morgan fingerprint density at radius 2 is 1.76 bits per heavy atom. The van der Waals surface area contributed by atoms with Gasteiger partial charge in [-0.25, -0.2) is 9.97 Å². The Balaban J connectivity index is 1.58. The van der Waals surface area contributed by atoms with E-state index in [0.29, 0.717) is 13.2 Å². The van der Waals surface area contributed by atoms with Crippen LogP contribution in [0.3, 0.4) is 0 Å². The highest BCUT2D eigenvalue weighted by molar-refractivity contribution is 5.72. The Bertz CT molecular complexity index is 918. The molecular weight excluding hydrogens is 320 g/mol. The number of aromatic nitrogens is 3.